The number of anilines is 2. The summed E-state index contributed by atoms with van der Waals surface area (Å²) in [4.78, 5) is 50.1. The van der Waals surface area contributed by atoms with E-state index in [-0.39, 0.29) is 26.0 Å². The molecule has 1 amide bonds. The summed E-state index contributed by atoms with van der Waals surface area (Å²) in [5.41, 5.74) is 2.72. The summed E-state index contributed by atoms with van der Waals surface area (Å²) in [7, 11) is 1.77. The number of hydrogen-bond acceptors (Lipinski definition) is 7. The molecule has 2 fully saturated rings. The molecule has 11 heteroatoms. The fraction of sp³-hybridized carbons (Fsp3) is 0.300. The predicted octanol–water partition coefficient (Wildman–Crippen LogP) is 4.44. The van der Waals surface area contributed by atoms with Gasteiger partial charge in [0.1, 0.15) is 17.2 Å². The average Bonchev–Trinajstić information content (AvgIpc) is 3.35. The van der Waals surface area contributed by atoms with Crippen LogP contribution in [0, 0.1) is 19.8 Å². The van der Waals surface area contributed by atoms with Crippen LogP contribution in [0.1, 0.15) is 36.6 Å². The normalized spacial score (nSPS) is 17.4. The summed E-state index contributed by atoms with van der Waals surface area (Å²) in [5, 5.41) is 0. The summed E-state index contributed by atoms with van der Waals surface area (Å²) >= 11 is 6.73. The van der Waals surface area contributed by atoms with Crippen LogP contribution in [0.3, 0.4) is 0 Å². The number of piperidine rings is 1. The van der Waals surface area contributed by atoms with Gasteiger partial charge in [0.2, 0.25) is 0 Å². The SMILES string of the molecule is Cc1cccn2c(=O)c(/C=C3/SC(=S)N(c4c(C)n(C)n(-c5ccccc5)c4=O)C3=O)c(N3CCC(C)CC3)nc12. The van der Waals surface area contributed by atoms with Gasteiger partial charge in [0.25, 0.3) is 17.0 Å². The number of benzene rings is 1. The Morgan fingerprint density at radius 2 is 1.71 bits per heavy atom. The fourth-order valence-corrected chi connectivity index (χ4v) is 6.74. The van der Waals surface area contributed by atoms with Crippen molar-refractivity contribution in [2.75, 3.05) is 22.9 Å². The number of thiocarbonyl (C=S) groups is 1. The number of carbonyl (C=O) groups excluding carboxylic acids is 1. The molecule has 2 aliphatic rings. The van der Waals surface area contributed by atoms with Crippen molar-refractivity contribution < 1.29 is 4.79 Å². The van der Waals surface area contributed by atoms with Crippen molar-refractivity contribution in [1.82, 2.24) is 18.7 Å². The standard InChI is InChI=1S/C30H30N6O3S2/c1-18-12-15-33(16-13-18)26-22(27(37)34-14-8-9-19(2)25(34)31-26)17-23-28(38)35(30(40)41-23)24-20(3)32(4)36(29(24)39)21-10-6-5-7-11-21/h5-11,14,17-18H,12-13,15-16H2,1-4H3/b23-17+. The molecular formula is C30H30N6O3S2. The zero-order valence-corrected chi connectivity index (χ0v) is 25.0. The minimum Gasteiger partial charge on any atom is -0.356 e. The van der Waals surface area contributed by atoms with Crippen LogP contribution in [0.15, 0.2) is 63.2 Å². The molecule has 6 rings (SSSR count). The van der Waals surface area contributed by atoms with Gasteiger partial charge in [-0.15, -0.1) is 0 Å². The van der Waals surface area contributed by atoms with E-state index >= 15 is 0 Å². The van der Waals surface area contributed by atoms with Crippen LogP contribution in [0.2, 0.25) is 0 Å². The highest BCUT2D eigenvalue weighted by molar-refractivity contribution is 8.27. The number of fused-ring (bicyclic) bond motifs is 1. The second kappa shape index (κ2) is 10.5. The molecule has 4 aromatic rings. The lowest BCUT2D eigenvalue weighted by atomic mass is 9.99. The number of amides is 1. The maximum Gasteiger partial charge on any atom is 0.296 e. The van der Waals surface area contributed by atoms with Crippen molar-refractivity contribution in [2.24, 2.45) is 13.0 Å². The molecule has 3 aromatic heterocycles. The van der Waals surface area contributed by atoms with E-state index in [1.807, 2.05) is 49.4 Å². The molecule has 0 unspecified atom stereocenters. The van der Waals surface area contributed by atoms with E-state index in [1.54, 1.807) is 30.9 Å². The second-order valence-electron chi connectivity index (χ2n) is 10.6. The molecule has 0 N–H and O–H groups in total. The Hall–Kier alpha value is -3.96. The monoisotopic (exact) mass is 586 g/mol. The van der Waals surface area contributed by atoms with Crippen molar-refractivity contribution in [3.05, 3.63) is 91.1 Å². The lowest BCUT2D eigenvalue weighted by Crippen LogP contribution is -2.36. The molecule has 5 heterocycles. The zero-order chi connectivity index (χ0) is 29.0. The number of nitrogens with zero attached hydrogens (tertiary/aromatic N) is 6. The number of rotatable bonds is 4. The third kappa shape index (κ3) is 4.53. The first-order chi connectivity index (χ1) is 19.7. The van der Waals surface area contributed by atoms with Crippen molar-refractivity contribution in [1.29, 1.82) is 0 Å². The summed E-state index contributed by atoms with van der Waals surface area (Å²) in [6, 6.07) is 13.0. The molecule has 0 saturated carbocycles. The largest absolute Gasteiger partial charge is 0.356 e. The highest BCUT2D eigenvalue weighted by Crippen LogP contribution is 2.37. The lowest BCUT2D eigenvalue weighted by Gasteiger charge is -2.32. The van der Waals surface area contributed by atoms with E-state index in [4.69, 9.17) is 17.2 Å². The zero-order valence-electron chi connectivity index (χ0n) is 23.3. The Morgan fingerprint density at radius 3 is 2.41 bits per heavy atom. The Kier molecular flexibility index (Phi) is 6.95. The van der Waals surface area contributed by atoms with E-state index in [2.05, 4.69) is 11.8 Å². The Labute approximate surface area is 246 Å². The average molecular weight is 587 g/mol. The van der Waals surface area contributed by atoms with Crippen LogP contribution in [0.5, 0.6) is 0 Å². The molecule has 210 valence electrons. The Morgan fingerprint density at radius 1 is 1.00 bits per heavy atom. The van der Waals surface area contributed by atoms with Crippen LogP contribution in [-0.4, -0.2) is 42.1 Å². The van der Waals surface area contributed by atoms with Crippen LogP contribution in [0.25, 0.3) is 17.4 Å². The van der Waals surface area contributed by atoms with Gasteiger partial charge in [-0.2, -0.15) is 0 Å². The number of pyridine rings is 1. The van der Waals surface area contributed by atoms with Gasteiger partial charge < -0.3 is 4.90 Å². The van der Waals surface area contributed by atoms with Crippen LogP contribution in [-0.2, 0) is 11.8 Å². The highest BCUT2D eigenvalue weighted by Gasteiger charge is 2.38. The smallest absolute Gasteiger partial charge is 0.296 e. The molecule has 0 spiro atoms. The molecular weight excluding hydrogens is 557 g/mol. The maximum atomic E-state index is 13.9. The van der Waals surface area contributed by atoms with E-state index < -0.39 is 5.91 Å². The van der Waals surface area contributed by atoms with Gasteiger partial charge in [-0.1, -0.05) is 55.2 Å². The first kappa shape index (κ1) is 27.2. The summed E-state index contributed by atoms with van der Waals surface area (Å²) in [6.07, 6.45) is 5.29. The van der Waals surface area contributed by atoms with Crippen LogP contribution >= 0.6 is 24.0 Å². The molecule has 0 aliphatic carbocycles. The maximum absolute atomic E-state index is 13.9. The Bertz CT molecular complexity index is 1860. The van der Waals surface area contributed by atoms with E-state index in [1.165, 1.54) is 14.0 Å². The minimum absolute atomic E-state index is 0.205. The van der Waals surface area contributed by atoms with Crippen LogP contribution < -0.4 is 20.9 Å². The van der Waals surface area contributed by atoms with Gasteiger partial charge in [-0.25, -0.2) is 9.67 Å². The first-order valence-corrected chi connectivity index (χ1v) is 14.8. The number of para-hydroxylation sites is 1. The number of carbonyl (C=O) groups is 1. The Balaban J connectivity index is 1.47. The predicted molar refractivity (Wildman–Crippen MR) is 168 cm³/mol. The fourth-order valence-electron chi connectivity index (χ4n) is 5.49. The van der Waals surface area contributed by atoms with Gasteiger partial charge in [0, 0.05) is 26.3 Å². The lowest BCUT2D eigenvalue weighted by molar-refractivity contribution is -0.113. The highest BCUT2D eigenvalue weighted by atomic mass is 32.2. The van der Waals surface area contributed by atoms with Gasteiger partial charge in [0.05, 0.1) is 21.8 Å². The van der Waals surface area contributed by atoms with Crippen molar-refractivity contribution in [3.63, 3.8) is 0 Å². The van der Waals surface area contributed by atoms with Gasteiger partial charge >= 0.3 is 0 Å². The summed E-state index contributed by atoms with van der Waals surface area (Å²) in [5.74, 6) is 0.741. The number of hydrogen-bond donors (Lipinski definition) is 0. The third-order valence-electron chi connectivity index (χ3n) is 7.96. The molecule has 2 aliphatic heterocycles. The molecule has 2 saturated heterocycles. The topological polar surface area (TPSA) is 84.8 Å². The summed E-state index contributed by atoms with van der Waals surface area (Å²) < 4.78 is 5.00. The second-order valence-corrected chi connectivity index (χ2v) is 12.3. The van der Waals surface area contributed by atoms with Gasteiger partial charge in [-0.3, -0.25) is 28.4 Å². The van der Waals surface area contributed by atoms with E-state index in [0.29, 0.717) is 34.3 Å². The van der Waals surface area contributed by atoms with Gasteiger partial charge in [-0.05, 0) is 62.4 Å². The van der Waals surface area contributed by atoms with Crippen LogP contribution in [0.4, 0.5) is 11.5 Å². The van der Waals surface area contributed by atoms with Crippen molar-refractivity contribution in [3.8, 4) is 5.69 Å². The molecule has 41 heavy (non-hydrogen) atoms. The molecule has 1 aromatic carbocycles. The van der Waals surface area contributed by atoms with E-state index in [9.17, 15) is 14.4 Å². The quantitative estimate of drug-likeness (QED) is 0.258. The molecule has 0 radical (unpaired) electrons. The van der Waals surface area contributed by atoms with Gasteiger partial charge in [0.15, 0.2) is 4.32 Å². The number of thioether (sulfide) groups is 1. The first-order valence-electron chi connectivity index (χ1n) is 13.6. The molecule has 0 atom stereocenters. The molecule has 9 nitrogen and oxygen atoms in total. The van der Waals surface area contributed by atoms with E-state index in [0.717, 1.165) is 43.3 Å². The third-order valence-corrected chi connectivity index (χ3v) is 9.27. The molecule has 0 bridgehead atoms. The summed E-state index contributed by atoms with van der Waals surface area (Å²) in [6.45, 7) is 7.50. The number of aromatic nitrogens is 4. The number of aryl methyl sites for hydroxylation is 1. The van der Waals surface area contributed by atoms with Crippen molar-refractivity contribution >= 4 is 57.4 Å². The minimum atomic E-state index is -0.432. The van der Waals surface area contributed by atoms with Crippen molar-refractivity contribution in [2.45, 2.75) is 33.6 Å².